The monoisotopic (exact) mass is 311 g/mol. The van der Waals surface area contributed by atoms with Crippen molar-refractivity contribution < 1.29 is 0 Å². The summed E-state index contributed by atoms with van der Waals surface area (Å²) in [5.74, 6) is 0.709. The molecule has 1 fully saturated rings. The molecule has 2 rings (SSSR count). The van der Waals surface area contributed by atoms with Crippen molar-refractivity contribution in [2.24, 2.45) is 11.3 Å². The van der Waals surface area contributed by atoms with E-state index in [1.807, 2.05) is 6.20 Å². The normalized spacial score (nSPS) is 19.3. The molecule has 0 spiro atoms. The van der Waals surface area contributed by atoms with Gasteiger partial charge < -0.3 is 5.32 Å². The number of hydrogen-bond donors (Lipinski definition) is 1. The zero-order valence-corrected chi connectivity index (χ0v) is 14.7. The molecule has 0 aliphatic heterocycles. The highest BCUT2D eigenvalue weighted by molar-refractivity contribution is 6.31. The molecule has 0 bridgehead atoms. The first-order valence-electron chi connectivity index (χ1n) is 8.48. The first-order chi connectivity index (χ1) is 10.0. The predicted octanol–water partition coefficient (Wildman–Crippen LogP) is 4.81. The van der Waals surface area contributed by atoms with Gasteiger partial charge in [-0.15, -0.1) is 0 Å². The second kappa shape index (κ2) is 7.15. The Morgan fingerprint density at radius 2 is 2.00 bits per heavy atom. The van der Waals surface area contributed by atoms with Gasteiger partial charge in [-0.2, -0.15) is 5.10 Å². The van der Waals surface area contributed by atoms with E-state index in [4.69, 9.17) is 11.6 Å². The van der Waals surface area contributed by atoms with Crippen molar-refractivity contribution in [2.75, 3.05) is 6.54 Å². The maximum Gasteiger partial charge on any atom is 0.0834 e. The predicted molar refractivity (Wildman–Crippen MR) is 89.7 cm³/mol. The fourth-order valence-electron chi connectivity index (χ4n) is 4.22. The molecule has 4 heteroatoms. The summed E-state index contributed by atoms with van der Waals surface area (Å²) in [6.45, 7) is 10.8. The summed E-state index contributed by atoms with van der Waals surface area (Å²) >= 11 is 6.51. The molecule has 0 saturated heterocycles. The highest BCUT2D eigenvalue weighted by Crippen LogP contribution is 2.52. The van der Waals surface area contributed by atoms with Crippen LogP contribution in [-0.4, -0.2) is 16.3 Å². The molecule has 1 heterocycles. The lowest BCUT2D eigenvalue weighted by atomic mass is 9.71. The van der Waals surface area contributed by atoms with Crippen LogP contribution >= 0.6 is 11.6 Å². The van der Waals surface area contributed by atoms with Gasteiger partial charge in [-0.3, -0.25) is 4.68 Å². The Bertz CT molecular complexity index is 447. The van der Waals surface area contributed by atoms with Gasteiger partial charge >= 0.3 is 0 Å². The van der Waals surface area contributed by atoms with Crippen molar-refractivity contribution >= 4 is 11.6 Å². The molecule has 1 aromatic heterocycles. The third-order valence-corrected chi connectivity index (χ3v) is 5.13. The molecular formula is C17H30ClN3. The van der Waals surface area contributed by atoms with E-state index in [9.17, 15) is 0 Å². The van der Waals surface area contributed by atoms with Gasteiger partial charge in [-0.1, -0.05) is 45.2 Å². The molecular weight excluding hydrogens is 282 g/mol. The molecule has 3 nitrogen and oxygen atoms in total. The highest BCUT2D eigenvalue weighted by atomic mass is 35.5. The molecule has 0 amide bonds. The SMILES string of the molecule is CCNC(c1c(Cl)cnn1CC)C1(CC(C)C)CCCC1. The van der Waals surface area contributed by atoms with Gasteiger partial charge in [0.05, 0.1) is 23.0 Å². The minimum absolute atomic E-state index is 0.322. The molecule has 1 aliphatic carbocycles. The van der Waals surface area contributed by atoms with Gasteiger partial charge in [0.2, 0.25) is 0 Å². The lowest BCUT2D eigenvalue weighted by Crippen LogP contribution is -2.39. The third kappa shape index (κ3) is 3.45. The Kier molecular flexibility index (Phi) is 5.73. The number of nitrogens with one attached hydrogen (secondary N) is 1. The Balaban J connectivity index is 2.42. The number of rotatable bonds is 7. The van der Waals surface area contributed by atoms with E-state index in [1.54, 1.807) is 0 Å². The van der Waals surface area contributed by atoms with Gasteiger partial charge in [-0.25, -0.2) is 0 Å². The van der Waals surface area contributed by atoms with Crippen LogP contribution in [0.1, 0.15) is 71.5 Å². The van der Waals surface area contributed by atoms with Crippen LogP contribution in [0.25, 0.3) is 0 Å². The maximum absolute atomic E-state index is 6.51. The van der Waals surface area contributed by atoms with Crippen LogP contribution in [0.5, 0.6) is 0 Å². The topological polar surface area (TPSA) is 29.9 Å². The van der Waals surface area contributed by atoms with Crippen LogP contribution < -0.4 is 5.32 Å². The van der Waals surface area contributed by atoms with Crippen molar-refractivity contribution in [3.05, 3.63) is 16.9 Å². The molecule has 120 valence electrons. The summed E-state index contributed by atoms with van der Waals surface area (Å²) in [5, 5.41) is 9.02. The Morgan fingerprint density at radius 1 is 1.33 bits per heavy atom. The number of nitrogens with zero attached hydrogens (tertiary/aromatic N) is 2. The lowest BCUT2D eigenvalue weighted by molar-refractivity contribution is 0.150. The van der Waals surface area contributed by atoms with E-state index in [2.05, 4.69) is 42.8 Å². The van der Waals surface area contributed by atoms with Crippen LogP contribution in [0.4, 0.5) is 0 Å². The third-order valence-electron chi connectivity index (χ3n) is 4.84. The highest BCUT2D eigenvalue weighted by Gasteiger charge is 2.44. The second-order valence-electron chi connectivity index (χ2n) is 6.85. The largest absolute Gasteiger partial charge is 0.308 e. The van der Waals surface area contributed by atoms with Crippen LogP contribution in [-0.2, 0) is 6.54 Å². The minimum Gasteiger partial charge on any atom is -0.308 e. The Hall–Kier alpha value is -0.540. The Morgan fingerprint density at radius 3 is 2.52 bits per heavy atom. The van der Waals surface area contributed by atoms with Crippen molar-refractivity contribution in [3.63, 3.8) is 0 Å². The summed E-state index contributed by atoms with van der Waals surface area (Å²) in [4.78, 5) is 0. The van der Waals surface area contributed by atoms with Gasteiger partial charge in [0.25, 0.3) is 0 Å². The van der Waals surface area contributed by atoms with E-state index in [1.165, 1.54) is 37.8 Å². The van der Waals surface area contributed by atoms with Crippen molar-refractivity contribution in [1.82, 2.24) is 15.1 Å². The maximum atomic E-state index is 6.51. The van der Waals surface area contributed by atoms with Crippen molar-refractivity contribution in [3.8, 4) is 0 Å². The van der Waals surface area contributed by atoms with Crippen LogP contribution in [0.15, 0.2) is 6.20 Å². The van der Waals surface area contributed by atoms with Crippen LogP contribution in [0.2, 0.25) is 5.02 Å². The number of aryl methyl sites for hydroxylation is 1. The van der Waals surface area contributed by atoms with Crippen molar-refractivity contribution in [2.45, 2.75) is 72.4 Å². The molecule has 1 aliphatic rings. The van der Waals surface area contributed by atoms with E-state index in [0.29, 0.717) is 17.4 Å². The fraction of sp³-hybridized carbons (Fsp3) is 0.824. The van der Waals surface area contributed by atoms with Crippen LogP contribution in [0.3, 0.4) is 0 Å². The minimum atomic E-state index is 0.322. The molecule has 1 atom stereocenters. The summed E-state index contributed by atoms with van der Waals surface area (Å²) in [5.41, 5.74) is 1.53. The van der Waals surface area contributed by atoms with Gasteiger partial charge in [-0.05, 0) is 44.1 Å². The van der Waals surface area contributed by atoms with Gasteiger partial charge in [0.15, 0.2) is 0 Å². The quantitative estimate of drug-likeness (QED) is 0.783. The zero-order valence-electron chi connectivity index (χ0n) is 14.0. The standard InChI is InChI=1S/C17H30ClN3/c1-5-19-16(15-14(18)12-20-21(15)6-2)17(11-13(3)4)9-7-8-10-17/h12-13,16,19H,5-11H2,1-4H3. The average molecular weight is 312 g/mol. The molecule has 21 heavy (non-hydrogen) atoms. The number of hydrogen-bond acceptors (Lipinski definition) is 2. The van der Waals surface area contributed by atoms with E-state index in [-0.39, 0.29) is 0 Å². The fourth-order valence-corrected chi connectivity index (χ4v) is 4.47. The van der Waals surface area contributed by atoms with Crippen molar-refractivity contribution in [1.29, 1.82) is 0 Å². The first-order valence-corrected chi connectivity index (χ1v) is 8.86. The molecule has 1 saturated carbocycles. The molecule has 1 N–H and O–H groups in total. The van der Waals surface area contributed by atoms with Gasteiger partial charge in [0.1, 0.15) is 0 Å². The van der Waals surface area contributed by atoms with Gasteiger partial charge in [0, 0.05) is 6.54 Å². The van der Waals surface area contributed by atoms with E-state index < -0.39 is 0 Å². The summed E-state index contributed by atoms with van der Waals surface area (Å²) < 4.78 is 2.08. The summed E-state index contributed by atoms with van der Waals surface area (Å²) in [7, 11) is 0. The molecule has 1 unspecified atom stereocenters. The van der Waals surface area contributed by atoms with E-state index >= 15 is 0 Å². The van der Waals surface area contributed by atoms with Crippen LogP contribution in [0, 0.1) is 11.3 Å². The summed E-state index contributed by atoms with van der Waals surface area (Å²) in [6, 6.07) is 0.322. The average Bonchev–Trinajstić information content (AvgIpc) is 3.03. The van der Waals surface area contributed by atoms with E-state index in [0.717, 1.165) is 18.1 Å². The summed E-state index contributed by atoms with van der Waals surface area (Å²) in [6.07, 6.45) is 8.35. The second-order valence-corrected chi connectivity index (χ2v) is 7.26. The lowest BCUT2D eigenvalue weighted by Gasteiger charge is -2.40. The zero-order chi connectivity index (χ0) is 15.5. The number of halogens is 1. The number of aromatic nitrogens is 2. The Labute approximate surface area is 134 Å². The molecule has 1 aromatic rings. The first kappa shape index (κ1) is 16.8. The molecule has 0 radical (unpaired) electrons. The smallest absolute Gasteiger partial charge is 0.0834 e. The molecule has 0 aromatic carbocycles.